The maximum Gasteiger partial charge on any atom is 0.327 e. The van der Waals surface area contributed by atoms with Gasteiger partial charge in [-0.05, 0) is 38.4 Å². The van der Waals surface area contributed by atoms with Crippen LogP contribution in [0.25, 0.3) is 0 Å². The molecule has 1 unspecified atom stereocenters. The van der Waals surface area contributed by atoms with Gasteiger partial charge >= 0.3 is 5.97 Å². The largest absolute Gasteiger partial charge is 0.480 e. The highest BCUT2D eigenvalue weighted by Gasteiger charge is 2.29. The third kappa shape index (κ3) is 5.57. The maximum atomic E-state index is 11.0. The van der Waals surface area contributed by atoms with E-state index in [1.807, 2.05) is 0 Å². The predicted molar refractivity (Wildman–Crippen MR) is 72.9 cm³/mol. The summed E-state index contributed by atoms with van der Waals surface area (Å²) in [5.41, 5.74) is 0.214. The lowest BCUT2D eigenvalue weighted by molar-refractivity contribution is -0.141. The molecule has 6 heteroatoms. The van der Waals surface area contributed by atoms with Crippen LogP contribution >= 0.6 is 0 Å². The first-order valence-electron chi connectivity index (χ1n) is 6.71. The number of nitrogens with one attached hydrogen (secondary N) is 2. The molecule has 110 valence electrons. The van der Waals surface area contributed by atoms with E-state index in [9.17, 15) is 9.59 Å². The average molecular weight is 271 g/mol. The SMILES string of the molecule is CC(=O)NC(CNCC1(C)CCN(C)CC1)C(=O)O. The first kappa shape index (κ1) is 15.9. The Labute approximate surface area is 114 Å². The van der Waals surface area contributed by atoms with Gasteiger partial charge in [0.1, 0.15) is 6.04 Å². The van der Waals surface area contributed by atoms with Crippen molar-refractivity contribution in [3.05, 3.63) is 0 Å². The van der Waals surface area contributed by atoms with Crippen molar-refractivity contribution < 1.29 is 14.7 Å². The lowest BCUT2D eigenvalue weighted by Crippen LogP contribution is -2.49. The highest BCUT2D eigenvalue weighted by atomic mass is 16.4. The number of nitrogens with zero attached hydrogens (tertiary/aromatic N) is 1. The predicted octanol–water partition coefficient (Wildman–Crippen LogP) is -0.103. The number of carboxylic acid groups (broad SMARTS) is 1. The minimum absolute atomic E-state index is 0.214. The Kier molecular flexibility index (Phi) is 5.75. The van der Waals surface area contributed by atoms with Crippen LogP contribution in [0.3, 0.4) is 0 Å². The zero-order valence-electron chi connectivity index (χ0n) is 12.0. The molecule has 1 aliphatic heterocycles. The van der Waals surface area contributed by atoms with Crippen LogP contribution < -0.4 is 10.6 Å². The van der Waals surface area contributed by atoms with E-state index in [0.717, 1.165) is 32.5 Å². The molecule has 1 heterocycles. The van der Waals surface area contributed by atoms with Gasteiger partial charge in [0.05, 0.1) is 0 Å². The van der Waals surface area contributed by atoms with Gasteiger partial charge in [-0.1, -0.05) is 6.92 Å². The van der Waals surface area contributed by atoms with Gasteiger partial charge in [0.2, 0.25) is 5.91 Å². The normalized spacial score (nSPS) is 20.8. The van der Waals surface area contributed by atoms with E-state index in [2.05, 4.69) is 29.5 Å². The second kappa shape index (κ2) is 6.86. The lowest BCUT2D eigenvalue weighted by atomic mass is 9.80. The summed E-state index contributed by atoms with van der Waals surface area (Å²) in [6.45, 7) is 6.75. The summed E-state index contributed by atoms with van der Waals surface area (Å²) in [5.74, 6) is -1.32. The Bertz CT molecular complexity index is 325. The Balaban J connectivity index is 2.35. The quantitative estimate of drug-likeness (QED) is 0.628. The average Bonchev–Trinajstić information content (AvgIpc) is 2.31. The first-order valence-corrected chi connectivity index (χ1v) is 6.71. The number of carbonyl (C=O) groups is 2. The molecular weight excluding hydrogens is 246 g/mol. The first-order chi connectivity index (χ1) is 8.82. The summed E-state index contributed by atoms with van der Waals surface area (Å²) >= 11 is 0. The summed E-state index contributed by atoms with van der Waals surface area (Å²) in [6, 6.07) is -0.854. The molecule has 0 aromatic carbocycles. The lowest BCUT2D eigenvalue weighted by Gasteiger charge is -2.38. The van der Waals surface area contributed by atoms with E-state index in [-0.39, 0.29) is 17.9 Å². The van der Waals surface area contributed by atoms with Crippen LogP contribution in [-0.4, -0.2) is 61.2 Å². The van der Waals surface area contributed by atoms with Crippen LogP contribution in [0.2, 0.25) is 0 Å². The van der Waals surface area contributed by atoms with Crippen LogP contribution in [0.4, 0.5) is 0 Å². The summed E-state index contributed by atoms with van der Waals surface area (Å²) < 4.78 is 0. The molecule has 0 aromatic rings. The fraction of sp³-hybridized carbons (Fsp3) is 0.846. The molecule has 1 fully saturated rings. The van der Waals surface area contributed by atoms with Crippen LogP contribution in [-0.2, 0) is 9.59 Å². The van der Waals surface area contributed by atoms with E-state index in [1.54, 1.807) is 0 Å². The topological polar surface area (TPSA) is 81.7 Å². The van der Waals surface area contributed by atoms with Crippen molar-refractivity contribution >= 4 is 11.9 Å². The number of aliphatic carboxylic acids is 1. The number of amides is 1. The molecule has 19 heavy (non-hydrogen) atoms. The molecule has 0 radical (unpaired) electrons. The van der Waals surface area contributed by atoms with Crippen LogP contribution in [0.1, 0.15) is 26.7 Å². The molecule has 1 atom stereocenters. The van der Waals surface area contributed by atoms with Gasteiger partial charge in [-0.2, -0.15) is 0 Å². The molecular formula is C13H25N3O3. The third-order valence-corrected chi connectivity index (χ3v) is 3.77. The van der Waals surface area contributed by atoms with E-state index >= 15 is 0 Å². The van der Waals surface area contributed by atoms with E-state index in [4.69, 9.17) is 5.11 Å². The minimum atomic E-state index is -1.00. The fourth-order valence-electron chi connectivity index (χ4n) is 2.30. The van der Waals surface area contributed by atoms with Gasteiger partial charge in [-0.25, -0.2) is 4.79 Å². The zero-order valence-corrected chi connectivity index (χ0v) is 12.0. The standard InChI is InChI=1S/C13H25N3O3/c1-10(17)15-11(12(18)19)8-14-9-13(2)4-6-16(3)7-5-13/h11,14H,4-9H2,1-3H3,(H,15,17)(H,18,19). The molecule has 3 N–H and O–H groups in total. The van der Waals surface area contributed by atoms with Crippen LogP contribution in [0.5, 0.6) is 0 Å². The highest BCUT2D eigenvalue weighted by molar-refractivity contribution is 5.82. The van der Waals surface area contributed by atoms with E-state index in [0.29, 0.717) is 0 Å². The second-order valence-corrected chi connectivity index (χ2v) is 5.84. The number of likely N-dealkylation sites (tertiary alicyclic amines) is 1. The Morgan fingerprint density at radius 2 is 1.95 bits per heavy atom. The third-order valence-electron chi connectivity index (χ3n) is 3.77. The number of piperidine rings is 1. The molecule has 1 amide bonds. The smallest absolute Gasteiger partial charge is 0.327 e. The van der Waals surface area contributed by atoms with Gasteiger partial charge in [0.25, 0.3) is 0 Å². The van der Waals surface area contributed by atoms with Crippen molar-refractivity contribution in [2.24, 2.45) is 5.41 Å². The minimum Gasteiger partial charge on any atom is -0.480 e. The Morgan fingerprint density at radius 1 is 1.37 bits per heavy atom. The molecule has 0 saturated carbocycles. The molecule has 6 nitrogen and oxygen atoms in total. The van der Waals surface area contributed by atoms with Crippen molar-refractivity contribution in [3.63, 3.8) is 0 Å². The summed E-state index contributed by atoms with van der Waals surface area (Å²) in [6.07, 6.45) is 2.21. The van der Waals surface area contributed by atoms with Crippen LogP contribution in [0, 0.1) is 5.41 Å². The van der Waals surface area contributed by atoms with E-state index in [1.165, 1.54) is 6.92 Å². The van der Waals surface area contributed by atoms with Gasteiger partial charge in [-0.15, -0.1) is 0 Å². The molecule has 0 spiro atoms. The van der Waals surface area contributed by atoms with Crippen molar-refractivity contribution in [1.29, 1.82) is 0 Å². The second-order valence-electron chi connectivity index (χ2n) is 5.84. The van der Waals surface area contributed by atoms with Crippen molar-refractivity contribution in [1.82, 2.24) is 15.5 Å². The summed E-state index contributed by atoms with van der Waals surface area (Å²) in [4.78, 5) is 24.2. The maximum absolute atomic E-state index is 11.0. The molecule has 0 aromatic heterocycles. The summed E-state index contributed by atoms with van der Waals surface area (Å²) in [5, 5.41) is 14.6. The van der Waals surface area contributed by atoms with Crippen molar-refractivity contribution in [3.8, 4) is 0 Å². The van der Waals surface area contributed by atoms with Gasteiger partial charge < -0.3 is 20.6 Å². The Hall–Kier alpha value is -1.14. The van der Waals surface area contributed by atoms with Gasteiger partial charge in [0.15, 0.2) is 0 Å². The number of hydrogen-bond acceptors (Lipinski definition) is 4. The number of carbonyl (C=O) groups excluding carboxylic acids is 1. The Morgan fingerprint density at radius 3 is 2.42 bits per heavy atom. The van der Waals surface area contributed by atoms with Crippen molar-refractivity contribution in [2.75, 3.05) is 33.2 Å². The summed E-state index contributed by atoms with van der Waals surface area (Å²) in [7, 11) is 2.12. The molecule has 1 aliphatic rings. The molecule has 1 rings (SSSR count). The highest BCUT2D eigenvalue weighted by Crippen LogP contribution is 2.29. The van der Waals surface area contributed by atoms with Gasteiger partial charge in [-0.3, -0.25) is 4.79 Å². The number of hydrogen-bond donors (Lipinski definition) is 3. The van der Waals surface area contributed by atoms with Crippen LogP contribution in [0.15, 0.2) is 0 Å². The van der Waals surface area contributed by atoms with E-state index < -0.39 is 12.0 Å². The number of rotatable bonds is 6. The van der Waals surface area contributed by atoms with Gasteiger partial charge in [0, 0.05) is 20.0 Å². The number of carboxylic acids is 1. The molecule has 1 saturated heterocycles. The molecule has 0 bridgehead atoms. The zero-order chi connectivity index (χ0) is 14.5. The molecule has 0 aliphatic carbocycles. The fourth-order valence-corrected chi connectivity index (χ4v) is 2.30. The van der Waals surface area contributed by atoms with Crippen molar-refractivity contribution in [2.45, 2.75) is 32.7 Å². The monoisotopic (exact) mass is 271 g/mol.